The van der Waals surface area contributed by atoms with E-state index in [-0.39, 0.29) is 17.5 Å². The molecule has 2 aromatic rings. The van der Waals surface area contributed by atoms with Crippen LogP contribution in [0.4, 0.5) is 0 Å². The van der Waals surface area contributed by atoms with Crippen molar-refractivity contribution in [3.8, 4) is 11.5 Å². The smallest absolute Gasteiger partial charge is 0.335 e. The fourth-order valence-electron chi connectivity index (χ4n) is 2.46. The summed E-state index contributed by atoms with van der Waals surface area (Å²) in [4.78, 5) is 23.3. The second kappa shape index (κ2) is 8.89. The monoisotopic (exact) mass is 357 g/mol. The minimum absolute atomic E-state index is 0.141. The Hall–Kier alpha value is -3.02. The van der Waals surface area contributed by atoms with Crippen LogP contribution >= 0.6 is 0 Å². The summed E-state index contributed by atoms with van der Waals surface area (Å²) in [5.41, 5.74) is 1.42. The van der Waals surface area contributed by atoms with Crippen molar-refractivity contribution >= 4 is 11.9 Å². The van der Waals surface area contributed by atoms with Crippen molar-refractivity contribution in [3.05, 3.63) is 59.2 Å². The number of rotatable bonds is 8. The molecule has 0 spiro atoms. The molecule has 1 atom stereocenters. The summed E-state index contributed by atoms with van der Waals surface area (Å²) in [6, 6.07) is 11.1. The number of hydrogen-bond acceptors (Lipinski definition) is 4. The number of ether oxygens (including phenoxy) is 2. The second-order valence-electron chi connectivity index (χ2n) is 5.65. The number of nitrogens with one attached hydrogen (secondary N) is 1. The predicted molar refractivity (Wildman–Crippen MR) is 98.1 cm³/mol. The van der Waals surface area contributed by atoms with Crippen LogP contribution in [0.5, 0.6) is 11.5 Å². The van der Waals surface area contributed by atoms with Crippen molar-refractivity contribution in [1.82, 2.24) is 5.32 Å². The quantitative estimate of drug-likeness (QED) is 0.753. The lowest BCUT2D eigenvalue weighted by atomic mass is 10.1. The van der Waals surface area contributed by atoms with Crippen molar-refractivity contribution in [2.45, 2.75) is 26.8 Å². The number of carboxylic acid groups (broad SMARTS) is 1. The maximum Gasteiger partial charge on any atom is 0.335 e. The Kier molecular flexibility index (Phi) is 6.60. The van der Waals surface area contributed by atoms with E-state index in [2.05, 4.69) is 5.32 Å². The molecule has 26 heavy (non-hydrogen) atoms. The van der Waals surface area contributed by atoms with Crippen LogP contribution in [0.15, 0.2) is 42.5 Å². The number of amides is 1. The van der Waals surface area contributed by atoms with Crippen LogP contribution in [-0.2, 0) is 0 Å². The van der Waals surface area contributed by atoms with E-state index >= 15 is 0 Å². The van der Waals surface area contributed by atoms with Gasteiger partial charge in [0.2, 0.25) is 0 Å². The molecule has 2 N–H and O–H groups in total. The van der Waals surface area contributed by atoms with E-state index in [1.807, 2.05) is 39.0 Å². The molecule has 1 amide bonds. The summed E-state index contributed by atoms with van der Waals surface area (Å²) in [5.74, 6) is 0.00379. The Bertz CT molecular complexity index is 770. The normalized spacial score (nSPS) is 11.5. The molecule has 6 heteroatoms. The standard InChI is InChI=1S/C20H23NO5/c1-4-25-17-11-10-16(12-18(17)26-5-2)13(3)21-19(22)14-6-8-15(9-7-14)20(23)24/h6-13H,4-5H2,1-3H3,(H,21,22)(H,23,24). The second-order valence-corrected chi connectivity index (χ2v) is 5.65. The molecule has 0 bridgehead atoms. The third-order valence-corrected chi connectivity index (χ3v) is 3.81. The van der Waals surface area contributed by atoms with Crippen molar-refractivity contribution in [2.24, 2.45) is 0 Å². The van der Waals surface area contributed by atoms with Gasteiger partial charge in [0.25, 0.3) is 5.91 Å². The lowest BCUT2D eigenvalue weighted by Crippen LogP contribution is -2.26. The summed E-state index contributed by atoms with van der Waals surface area (Å²) < 4.78 is 11.2. The maximum absolute atomic E-state index is 12.4. The molecule has 0 saturated heterocycles. The summed E-state index contributed by atoms with van der Waals surface area (Å²) >= 11 is 0. The van der Waals surface area contributed by atoms with Crippen molar-refractivity contribution in [1.29, 1.82) is 0 Å². The molecular formula is C20H23NO5. The van der Waals surface area contributed by atoms with Crippen LogP contribution in [-0.4, -0.2) is 30.2 Å². The highest BCUT2D eigenvalue weighted by Gasteiger charge is 2.15. The molecule has 0 saturated carbocycles. The van der Waals surface area contributed by atoms with Crippen molar-refractivity contribution < 1.29 is 24.2 Å². The summed E-state index contributed by atoms with van der Waals surface area (Å²) in [6.07, 6.45) is 0. The van der Waals surface area contributed by atoms with Gasteiger partial charge in [-0.15, -0.1) is 0 Å². The van der Waals surface area contributed by atoms with E-state index in [4.69, 9.17) is 14.6 Å². The summed E-state index contributed by atoms with van der Waals surface area (Å²) in [7, 11) is 0. The Balaban J connectivity index is 2.12. The van der Waals surface area contributed by atoms with Gasteiger partial charge in [0.15, 0.2) is 11.5 Å². The van der Waals surface area contributed by atoms with Gasteiger partial charge >= 0.3 is 5.97 Å². The molecule has 2 rings (SSSR count). The van der Waals surface area contributed by atoms with Crippen LogP contribution < -0.4 is 14.8 Å². The average molecular weight is 357 g/mol. The van der Waals surface area contributed by atoms with Gasteiger partial charge in [0.1, 0.15) is 0 Å². The van der Waals surface area contributed by atoms with Gasteiger partial charge in [-0.1, -0.05) is 6.07 Å². The van der Waals surface area contributed by atoms with Crippen LogP contribution in [0.1, 0.15) is 53.1 Å². The van der Waals surface area contributed by atoms with Crippen LogP contribution in [0, 0.1) is 0 Å². The molecule has 1 unspecified atom stereocenters. The molecule has 6 nitrogen and oxygen atoms in total. The van der Waals surface area contributed by atoms with Crippen LogP contribution in [0.25, 0.3) is 0 Å². The lowest BCUT2D eigenvalue weighted by Gasteiger charge is -2.17. The van der Waals surface area contributed by atoms with E-state index in [1.54, 1.807) is 0 Å². The molecular weight excluding hydrogens is 334 g/mol. The highest BCUT2D eigenvalue weighted by molar-refractivity contribution is 5.96. The van der Waals surface area contributed by atoms with Gasteiger partial charge in [0.05, 0.1) is 24.8 Å². The van der Waals surface area contributed by atoms with Gasteiger partial charge in [-0.25, -0.2) is 4.79 Å². The minimum atomic E-state index is -1.02. The molecule has 2 aromatic carbocycles. The molecule has 0 fully saturated rings. The summed E-state index contributed by atoms with van der Waals surface area (Å²) in [5, 5.41) is 11.8. The number of carboxylic acids is 1. The molecule has 138 valence electrons. The van der Waals surface area contributed by atoms with E-state index in [1.165, 1.54) is 24.3 Å². The highest BCUT2D eigenvalue weighted by atomic mass is 16.5. The molecule has 0 aliphatic rings. The predicted octanol–water partition coefficient (Wildman–Crippen LogP) is 3.67. The Morgan fingerprint density at radius 1 is 0.962 bits per heavy atom. The minimum Gasteiger partial charge on any atom is -0.490 e. The molecule has 0 aliphatic heterocycles. The van der Waals surface area contributed by atoms with Crippen LogP contribution in [0.3, 0.4) is 0 Å². The first kappa shape index (κ1) is 19.3. The molecule has 0 radical (unpaired) electrons. The maximum atomic E-state index is 12.4. The topological polar surface area (TPSA) is 84.9 Å². The number of benzene rings is 2. The fraction of sp³-hybridized carbons (Fsp3) is 0.300. The lowest BCUT2D eigenvalue weighted by molar-refractivity contribution is 0.0696. The van der Waals surface area contributed by atoms with E-state index < -0.39 is 5.97 Å². The number of carbonyl (C=O) groups is 2. The first-order valence-electron chi connectivity index (χ1n) is 8.50. The zero-order chi connectivity index (χ0) is 19.1. The number of carbonyl (C=O) groups excluding carboxylic acids is 1. The highest BCUT2D eigenvalue weighted by Crippen LogP contribution is 2.30. The Morgan fingerprint density at radius 2 is 1.54 bits per heavy atom. The van der Waals surface area contributed by atoms with E-state index in [0.29, 0.717) is 30.3 Å². The van der Waals surface area contributed by atoms with Gasteiger partial charge < -0.3 is 19.9 Å². The first-order chi connectivity index (χ1) is 12.5. The SMILES string of the molecule is CCOc1ccc(C(C)NC(=O)c2ccc(C(=O)O)cc2)cc1OCC. The van der Waals surface area contributed by atoms with E-state index in [9.17, 15) is 9.59 Å². The molecule has 0 heterocycles. The van der Waals surface area contributed by atoms with Gasteiger partial charge in [0, 0.05) is 5.56 Å². The first-order valence-corrected chi connectivity index (χ1v) is 8.50. The number of hydrogen-bond donors (Lipinski definition) is 2. The van der Waals surface area contributed by atoms with Gasteiger partial charge in [-0.2, -0.15) is 0 Å². The van der Waals surface area contributed by atoms with Crippen molar-refractivity contribution in [3.63, 3.8) is 0 Å². The number of aromatic carboxylic acids is 1. The third kappa shape index (κ3) is 4.75. The Labute approximate surface area is 152 Å². The zero-order valence-electron chi connectivity index (χ0n) is 15.1. The zero-order valence-corrected chi connectivity index (χ0v) is 15.1. The van der Waals surface area contributed by atoms with Crippen molar-refractivity contribution in [2.75, 3.05) is 13.2 Å². The average Bonchev–Trinajstić information content (AvgIpc) is 2.63. The molecule has 0 aromatic heterocycles. The fourth-order valence-corrected chi connectivity index (χ4v) is 2.46. The van der Waals surface area contributed by atoms with Crippen LogP contribution in [0.2, 0.25) is 0 Å². The van der Waals surface area contributed by atoms with Gasteiger partial charge in [-0.3, -0.25) is 4.79 Å². The third-order valence-electron chi connectivity index (χ3n) is 3.81. The van der Waals surface area contributed by atoms with Gasteiger partial charge in [-0.05, 0) is 62.7 Å². The summed E-state index contributed by atoms with van der Waals surface area (Å²) in [6.45, 7) is 6.73. The van der Waals surface area contributed by atoms with E-state index in [0.717, 1.165) is 5.56 Å². The molecule has 0 aliphatic carbocycles. The Morgan fingerprint density at radius 3 is 2.12 bits per heavy atom. The largest absolute Gasteiger partial charge is 0.490 e.